The summed E-state index contributed by atoms with van der Waals surface area (Å²) in [5.41, 5.74) is 0.239. The first kappa shape index (κ1) is 18.0. The molecular formula is C15H22AlO3+3. The number of phenols is 1. The maximum absolute atomic E-state index is 11.6. The van der Waals surface area contributed by atoms with Crippen molar-refractivity contribution in [3.05, 3.63) is 29.8 Å². The average Bonchev–Trinajstić information content (AvgIpc) is 2.38. The predicted molar refractivity (Wildman–Crippen MR) is 77.5 cm³/mol. The van der Waals surface area contributed by atoms with Gasteiger partial charge in [0.05, 0.1) is 6.61 Å². The van der Waals surface area contributed by atoms with E-state index in [9.17, 15) is 9.90 Å². The Kier molecular flexibility index (Phi) is 10.3. The number of hydrogen-bond acceptors (Lipinski definition) is 3. The molecule has 0 heterocycles. The smallest absolute Gasteiger partial charge is 0.507 e. The Morgan fingerprint density at radius 3 is 2.42 bits per heavy atom. The van der Waals surface area contributed by atoms with Gasteiger partial charge in [0.15, 0.2) is 0 Å². The van der Waals surface area contributed by atoms with Crippen molar-refractivity contribution >= 4 is 23.3 Å². The fourth-order valence-corrected chi connectivity index (χ4v) is 1.77. The van der Waals surface area contributed by atoms with E-state index in [1.807, 2.05) is 0 Å². The van der Waals surface area contributed by atoms with E-state index < -0.39 is 5.97 Å². The fourth-order valence-electron chi connectivity index (χ4n) is 1.77. The van der Waals surface area contributed by atoms with Crippen molar-refractivity contribution in [2.24, 2.45) is 0 Å². The molecule has 0 radical (unpaired) electrons. The van der Waals surface area contributed by atoms with Crippen LogP contribution >= 0.6 is 0 Å². The number of unbranched alkanes of at least 4 members (excludes halogenated alkanes) is 5. The van der Waals surface area contributed by atoms with Crippen LogP contribution in [0.1, 0.15) is 55.8 Å². The second-order valence-corrected chi connectivity index (χ2v) is 4.42. The van der Waals surface area contributed by atoms with Crippen molar-refractivity contribution in [2.45, 2.75) is 45.4 Å². The first-order valence-corrected chi connectivity index (χ1v) is 6.70. The number of phenolic OH excluding ortho intramolecular Hbond substituents is 1. The van der Waals surface area contributed by atoms with E-state index in [1.165, 1.54) is 31.7 Å². The van der Waals surface area contributed by atoms with E-state index in [4.69, 9.17) is 4.74 Å². The van der Waals surface area contributed by atoms with Gasteiger partial charge in [-0.2, -0.15) is 0 Å². The van der Waals surface area contributed by atoms with E-state index in [0.717, 1.165) is 12.8 Å². The molecule has 0 aliphatic rings. The van der Waals surface area contributed by atoms with Crippen LogP contribution in [-0.2, 0) is 4.74 Å². The number of hydrogen-bond donors (Lipinski definition) is 1. The van der Waals surface area contributed by atoms with Crippen molar-refractivity contribution in [2.75, 3.05) is 6.61 Å². The number of ether oxygens (including phenoxy) is 1. The molecule has 1 rings (SSSR count). The average molecular weight is 277 g/mol. The van der Waals surface area contributed by atoms with Crippen LogP contribution in [0, 0.1) is 0 Å². The topological polar surface area (TPSA) is 46.5 Å². The molecular weight excluding hydrogens is 255 g/mol. The Morgan fingerprint density at radius 1 is 1.11 bits per heavy atom. The molecule has 0 spiro atoms. The Morgan fingerprint density at radius 2 is 1.74 bits per heavy atom. The van der Waals surface area contributed by atoms with Gasteiger partial charge in [0.2, 0.25) is 0 Å². The molecule has 19 heavy (non-hydrogen) atoms. The normalized spacial score (nSPS) is 9.74. The van der Waals surface area contributed by atoms with Gasteiger partial charge in [0, 0.05) is 0 Å². The summed E-state index contributed by atoms with van der Waals surface area (Å²) in [4.78, 5) is 11.6. The minimum absolute atomic E-state index is 0. The van der Waals surface area contributed by atoms with Crippen LogP contribution in [0.4, 0.5) is 0 Å². The summed E-state index contributed by atoms with van der Waals surface area (Å²) in [5, 5.41) is 9.48. The van der Waals surface area contributed by atoms with Crippen molar-refractivity contribution in [1.82, 2.24) is 0 Å². The molecule has 0 atom stereocenters. The fraction of sp³-hybridized carbons (Fsp3) is 0.533. The van der Waals surface area contributed by atoms with Crippen LogP contribution < -0.4 is 0 Å². The Balaban J connectivity index is 0.00000324. The molecule has 0 unspecified atom stereocenters. The van der Waals surface area contributed by atoms with Crippen LogP contribution in [-0.4, -0.2) is 35.0 Å². The first-order chi connectivity index (χ1) is 8.75. The molecule has 0 aliphatic carbocycles. The van der Waals surface area contributed by atoms with Crippen molar-refractivity contribution in [3.8, 4) is 5.75 Å². The molecule has 0 saturated carbocycles. The molecule has 0 fully saturated rings. The van der Waals surface area contributed by atoms with Gasteiger partial charge in [-0.15, -0.1) is 0 Å². The maximum atomic E-state index is 11.6. The van der Waals surface area contributed by atoms with E-state index in [1.54, 1.807) is 18.2 Å². The minimum Gasteiger partial charge on any atom is -0.507 e. The summed E-state index contributed by atoms with van der Waals surface area (Å²) in [6.07, 6.45) is 6.95. The van der Waals surface area contributed by atoms with Crippen LogP contribution in [0.25, 0.3) is 0 Å². The molecule has 1 aromatic rings. The number of rotatable bonds is 8. The van der Waals surface area contributed by atoms with Crippen molar-refractivity contribution in [1.29, 1.82) is 0 Å². The summed E-state index contributed by atoms with van der Waals surface area (Å²) in [6, 6.07) is 6.45. The Bertz CT molecular complexity index is 366. The van der Waals surface area contributed by atoms with Gasteiger partial charge in [-0.3, -0.25) is 0 Å². The zero-order chi connectivity index (χ0) is 13.2. The predicted octanol–water partition coefficient (Wildman–Crippen LogP) is 3.53. The minimum atomic E-state index is -0.443. The van der Waals surface area contributed by atoms with Crippen LogP contribution in [0.15, 0.2) is 24.3 Å². The summed E-state index contributed by atoms with van der Waals surface area (Å²) < 4.78 is 5.12. The molecule has 1 N–H and O–H groups in total. The van der Waals surface area contributed by atoms with E-state index >= 15 is 0 Å². The van der Waals surface area contributed by atoms with E-state index in [-0.39, 0.29) is 28.7 Å². The van der Waals surface area contributed by atoms with Gasteiger partial charge in [-0.25, -0.2) is 4.79 Å². The molecule has 1 aromatic carbocycles. The molecule has 4 heteroatoms. The van der Waals surface area contributed by atoms with Crippen molar-refractivity contribution < 1.29 is 14.6 Å². The molecule has 0 saturated heterocycles. The Labute approximate surface area is 126 Å². The summed E-state index contributed by atoms with van der Waals surface area (Å²) in [6.45, 7) is 2.62. The van der Waals surface area contributed by atoms with Crippen LogP contribution in [0.5, 0.6) is 5.75 Å². The number of carbonyl (C=O) groups excluding carboxylic acids is 1. The molecule has 3 nitrogen and oxygen atoms in total. The first-order valence-electron chi connectivity index (χ1n) is 6.70. The summed E-state index contributed by atoms with van der Waals surface area (Å²) >= 11 is 0. The monoisotopic (exact) mass is 277 g/mol. The van der Waals surface area contributed by atoms with Gasteiger partial charge < -0.3 is 9.84 Å². The number of carbonyl (C=O) groups is 1. The number of para-hydroxylation sites is 1. The van der Waals surface area contributed by atoms with Gasteiger partial charge in [0.25, 0.3) is 0 Å². The maximum Gasteiger partial charge on any atom is 3.00 e. The van der Waals surface area contributed by atoms with Gasteiger partial charge in [-0.1, -0.05) is 51.2 Å². The molecule has 0 aliphatic heterocycles. The van der Waals surface area contributed by atoms with Gasteiger partial charge in [-0.05, 0) is 18.6 Å². The van der Waals surface area contributed by atoms with Gasteiger partial charge in [0.1, 0.15) is 11.3 Å². The summed E-state index contributed by atoms with van der Waals surface area (Å²) in [5.74, 6) is -0.466. The molecule has 0 amide bonds. The van der Waals surface area contributed by atoms with E-state index in [2.05, 4.69) is 6.92 Å². The SMILES string of the molecule is CCCCCCCCOC(=O)c1ccccc1O.[Al+3]. The molecule has 0 bridgehead atoms. The zero-order valence-electron chi connectivity index (χ0n) is 11.6. The molecule has 100 valence electrons. The number of benzene rings is 1. The largest absolute Gasteiger partial charge is 3.00 e. The second kappa shape index (κ2) is 10.9. The quantitative estimate of drug-likeness (QED) is 0.449. The zero-order valence-corrected chi connectivity index (χ0v) is 12.8. The van der Waals surface area contributed by atoms with Crippen molar-refractivity contribution in [3.63, 3.8) is 0 Å². The van der Waals surface area contributed by atoms with Crippen LogP contribution in [0.3, 0.4) is 0 Å². The van der Waals surface area contributed by atoms with Gasteiger partial charge >= 0.3 is 23.3 Å². The molecule has 0 aromatic heterocycles. The third-order valence-electron chi connectivity index (χ3n) is 2.86. The van der Waals surface area contributed by atoms with E-state index in [0.29, 0.717) is 6.61 Å². The van der Waals surface area contributed by atoms with Crippen LogP contribution in [0.2, 0.25) is 0 Å². The standard InChI is InChI=1S/C15H22O3.Al/c1-2-3-4-5-6-9-12-18-15(17)13-10-7-8-11-14(13)16;/h7-8,10-11,16H,2-6,9,12H2,1H3;/q;+3. The number of aromatic hydroxyl groups is 1. The third-order valence-corrected chi connectivity index (χ3v) is 2.86. The Hall–Kier alpha value is -0.978. The summed E-state index contributed by atoms with van der Waals surface area (Å²) in [7, 11) is 0. The number of esters is 1. The third kappa shape index (κ3) is 7.25. The second-order valence-electron chi connectivity index (χ2n) is 4.42.